The van der Waals surface area contributed by atoms with Crippen LogP contribution in [-0.4, -0.2) is 33.3 Å². The van der Waals surface area contributed by atoms with Gasteiger partial charge in [0.2, 0.25) is 0 Å². The van der Waals surface area contributed by atoms with Gasteiger partial charge in [0, 0.05) is 36.3 Å². The lowest BCUT2D eigenvalue weighted by atomic mass is 9.99. The molecule has 1 atom stereocenters. The molecule has 0 bridgehead atoms. The van der Waals surface area contributed by atoms with Gasteiger partial charge in [-0.3, -0.25) is 9.20 Å². The van der Waals surface area contributed by atoms with Crippen molar-refractivity contribution in [3.8, 4) is 11.1 Å². The maximum atomic E-state index is 13.8. The van der Waals surface area contributed by atoms with Crippen LogP contribution in [0.2, 0.25) is 0 Å². The predicted octanol–water partition coefficient (Wildman–Crippen LogP) is 6.14. The molecule has 170 valence electrons. The summed E-state index contributed by atoms with van der Waals surface area (Å²) >= 11 is 3.29. The van der Waals surface area contributed by atoms with Gasteiger partial charge >= 0.3 is 6.18 Å². The molecule has 5 nitrogen and oxygen atoms in total. The molecular weight excluding hydrogens is 506 g/mol. The van der Waals surface area contributed by atoms with Gasteiger partial charge in [-0.1, -0.05) is 12.1 Å². The van der Waals surface area contributed by atoms with Gasteiger partial charge < -0.3 is 9.32 Å². The van der Waals surface area contributed by atoms with Crippen LogP contribution in [0.15, 0.2) is 64.1 Å². The van der Waals surface area contributed by atoms with Crippen molar-refractivity contribution in [3.63, 3.8) is 0 Å². The largest absolute Gasteiger partial charge is 0.472 e. The Balaban J connectivity index is 1.51. The van der Waals surface area contributed by atoms with Gasteiger partial charge in [-0.15, -0.1) is 0 Å². The van der Waals surface area contributed by atoms with Crippen LogP contribution in [0.4, 0.5) is 17.6 Å². The highest BCUT2D eigenvalue weighted by Crippen LogP contribution is 2.38. The minimum atomic E-state index is -4.67. The summed E-state index contributed by atoms with van der Waals surface area (Å²) in [5, 5.41) is 0. The van der Waals surface area contributed by atoms with E-state index in [1.807, 2.05) is 0 Å². The third kappa shape index (κ3) is 3.92. The Kier molecular flexibility index (Phi) is 5.27. The number of hydrogen-bond acceptors (Lipinski definition) is 3. The highest BCUT2D eigenvalue weighted by atomic mass is 79.9. The summed E-state index contributed by atoms with van der Waals surface area (Å²) in [4.78, 5) is 18.9. The maximum absolute atomic E-state index is 13.8. The number of likely N-dealkylation sites (tertiary alicyclic amines) is 1. The lowest BCUT2D eigenvalue weighted by Gasteiger charge is -2.15. The maximum Gasteiger partial charge on any atom is 0.420 e. The second kappa shape index (κ2) is 8.02. The molecule has 4 aromatic rings. The van der Waals surface area contributed by atoms with Gasteiger partial charge in [-0.2, -0.15) is 13.2 Å². The van der Waals surface area contributed by atoms with Gasteiger partial charge in [0.05, 0.1) is 18.1 Å². The molecule has 1 unspecified atom stereocenters. The number of pyridine rings is 1. The van der Waals surface area contributed by atoms with Gasteiger partial charge in [-0.25, -0.2) is 9.37 Å². The number of aromatic nitrogens is 2. The fourth-order valence-electron chi connectivity index (χ4n) is 4.15. The average molecular weight is 522 g/mol. The van der Waals surface area contributed by atoms with Crippen LogP contribution in [-0.2, 0) is 6.18 Å². The van der Waals surface area contributed by atoms with Crippen molar-refractivity contribution >= 4 is 27.5 Å². The molecule has 1 fully saturated rings. The van der Waals surface area contributed by atoms with E-state index in [0.717, 1.165) is 11.6 Å². The average Bonchev–Trinajstić information content (AvgIpc) is 3.53. The Labute approximate surface area is 193 Å². The summed E-state index contributed by atoms with van der Waals surface area (Å²) in [6.07, 6.45) is 0.191. The number of alkyl halides is 3. The number of rotatable bonds is 3. The molecule has 4 heterocycles. The number of halogens is 5. The molecule has 10 heteroatoms. The number of carbonyl (C=O) groups excluding carboxylic acids is 1. The van der Waals surface area contributed by atoms with E-state index in [9.17, 15) is 22.4 Å². The molecule has 1 aromatic carbocycles. The molecule has 1 aliphatic heterocycles. The lowest BCUT2D eigenvalue weighted by molar-refractivity contribution is -0.136. The molecule has 0 radical (unpaired) electrons. The number of hydrogen-bond donors (Lipinski definition) is 0. The SMILES string of the molecule is O=C(c1nc2c(C(F)(F)F)cc(-c3ccoc3)cn2c1Br)N1CCC(c2ccc(F)cc2)C1. The number of amides is 1. The van der Waals surface area contributed by atoms with Gasteiger partial charge in [0.15, 0.2) is 11.3 Å². The summed E-state index contributed by atoms with van der Waals surface area (Å²) in [5.74, 6) is -0.787. The minimum absolute atomic E-state index is 0.0174. The number of benzene rings is 1. The van der Waals surface area contributed by atoms with Crippen LogP contribution in [0, 0.1) is 5.82 Å². The fraction of sp³-hybridized carbons (Fsp3) is 0.217. The second-order valence-electron chi connectivity index (χ2n) is 7.89. The Morgan fingerprint density at radius 2 is 1.91 bits per heavy atom. The molecule has 33 heavy (non-hydrogen) atoms. The zero-order chi connectivity index (χ0) is 23.3. The normalized spacial score (nSPS) is 16.6. The van der Waals surface area contributed by atoms with Crippen LogP contribution >= 0.6 is 15.9 Å². The lowest BCUT2D eigenvalue weighted by Crippen LogP contribution is -2.29. The first-order valence-electron chi connectivity index (χ1n) is 10.1. The Morgan fingerprint density at radius 1 is 1.15 bits per heavy atom. The molecule has 3 aromatic heterocycles. The molecule has 5 rings (SSSR count). The molecule has 1 aliphatic rings. The number of fused-ring (bicyclic) bond motifs is 1. The van der Waals surface area contributed by atoms with E-state index in [-0.39, 0.29) is 33.2 Å². The smallest absolute Gasteiger partial charge is 0.420 e. The van der Waals surface area contributed by atoms with Crippen LogP contribution in [0.25, 0.3) is 16.8 Å². The van der Waals surface area contributed by atoms with E-state index in [1.54, 1.807) is 23.1 Å². The molecule has 0 saturated carbocycles. The summed E-state index contributed by atoms with van der Waals surface area (Å²) in [6, 6.07) is 8.65. The third-order valence-corrected chi connectivity index (χ3v) is 6.60. The van der Waals surface area contributed by atoms with E-state index >= 15 is 0 Å². The molecule has 1 saturated heterocycles. The summed E-state index contributed by atoms with van der Waals surface area (Å²) in [5.41, 5.74) is 0.246. The van der Waals surface area contributed by atoms with Crippen molar-refractivity contribution in [1.29, 1.82) is 0 Å². The summed E-state index contributed by atoms with van der Waals surface area (Å²) in [7, 11) is 0. The molecule has 1 amide bonds. The van der Waals surface area contributed by atoms with E-state index in [4.69, 9.17) is 4.42 Å². The topological polar surface area (TPSA) is 50.8 Å². The van der Waals surface area contributed by atoms with Gasteiger partial charge in [-0.05, 0) is 52.2 Å². The summed E-state index contributed by atoms with van der Waals surface area (Å²) < 4.78 is 61.1. The predicted molar refractivity (Wildman–Crippen MR) is 115 cm³/mol. The standard InChI is InChI=1S/C23H16BrF4N3O2/c24-20-19(22(32)30-7-5-14(10-30)13-1-3-17(25)4-2-13)29-21-18(23(26,27)28)9-16(11-31(20)21)15-6-8-33-12-15/h1-4,6,8-9,11-12,14H,5,7,10H2. The first-order chi connectivity index (χ1) is 15.7. The number of carbonyl (C=O) groups is 1. The Bertz CT molecular complexity index is 1330. The summed E-state index contributed by atoms with van der Waals surface area (Å²) in [6.45, 7) is 0.796. The van der Waals surface area contributed by atoms with Crippen LogP contribution in [0.5, 0.6) is 0 Å². The molecule has 0 N–H and O–H groups in total. The highest BCUT2D eigenvalue weighted by Gasteiger charge is 2.37. The van der Waals surface area contributed by atoms with Crippen molar-refractivity contribution in [1.82, 2.24) is 14.3 Å². The highest BCUT2D eigenvalue weighted by molar-refractivity contribution is 9.10. The van der Waals surface area contributed by atoms with E-state index in [0.29, 0.717) is 25.1 Å². The van der Waals surface area contributed by atoms with Crippen molar-refractivity contribution < 1.29 is 26.8 Å². The zero-order valence-corrected chi connectivity index (χ0v) is 18.5. The van der Waals surface area contributed by atoms with Crippen molar-refractivity contribution in [2.45, 2.75) is 18.5 Å². The third-order valence-electron chi connectivity index (χ3n) is 5.84. The number of nitrogens with zero attached hydrogens (tertiary/aromatic N) is 3. The molecule has 0 spiro atoms. The molecular formula is C23H16BrF4N3O2. The number of furan rings is 1. The van der Waals surface area contributed by atoms with E-state index < -0.39 is 17.6 Å². The minimum Gasteiger partial charge on any atom is -0.472 e. The van der Waals surface area contributed by atoms with Gasteiger partial charge in [0.1, 0.15) is 10.4 Å². The van der Waals surface area contributed by atoms with Crippen LogP contribution in [0.3, 0.4) is 0 Å². The van der Waals surface area contributed by atoms with Crippen LogP contribution < -0.4 is 0 Å². The monoisotopic (exact) mass is 521 g/mol. The van der Waals surface area contributed by atoms with E-state index in [2.05, 4.69) is 20.9 Å². The van der Waals surface area contributed by atoms with Crippen molar-refractivity contribution in [2.24, 2.45) is 0 Å². The van der Waals surface area contributed by atoms with E-state index in [1.165, 1.54) is 35.3 Å². The Hall–Kier alpha value is -3.14. The molecule has 0 aliphatic carbocycles. The first kappa shape index (κ1) is 21.7. The Morgan fingerprint density at radius 3 is 2.58 bits per heavy atom. The van der Waals surface area contributed by atoms with Gasteiger partial charge in [0.25, 0.3) is 5.91 Å². The second-order valence-corrected chi connectivity index (χ2v) is 8.64. The number of imidazole rings is 1. The quantitative estimate of drug-likeness (QED) is 0.304. The van der Waals surface area contributed by atoms with Crippen molar-refractivity contribution in [2.75, 3.05) is 13.1 Å². The first-order valence-corrected chi connectivity index (χ1v) is 10.9. The van der Waals surface area contributed by atoms with Crippen molar-refractivity contribution in [3.05, 3.63) is 82.4 Å². The zero-order valence-electron chi connectivity index (χ0n) is 16.9. The van der Waals surface area contributed by atoms with Crippen LogP contribution in [0.1, 0.15) is 34.0 Å². The fourth-order valence-corrected chi connectivity index (χ4v) is 4.68.